The number of carbonyl (C=O) groups is 2. The van der Waals surface area contributed by atoms with Gasteiger partial charge in [-0.1, -0.05) is 18.2 Å². The number of pyridine rings is 1. The molecule has 0 spiro atoms. The van der Waals surface area contributed by atoms with E-state index in [-0.39, 0.29) is 23.2 Å². The Hall–Kier alpha value is -3.22. The number of ketones is 2. The fourth-order valence-corrected chi connectivity index (χ4v) is 3.95. The maximum Gasteiger partial charge on any atom is 0.238 e. The molecule has 2 aliphatic rings. The van der Waals surface area contributed by atoms with E-state index in [0.29, 0.717) is 34.5 Å². The van der Waals surface area contributed by atoms with Crippen LogP contribution in [0.4, 0.5) is 4.39 Å². The van der Waals surface area contributed by atoms with Crippen LogP contribution in [0, 0.1) is 24.2 Å². The minimum atomic E-state index is -0.642. The van der Waals surface area contributed by atoms with E-state index < -0.39 is 11.4 Å². The Kier molecular flexibility index (Phi) is 3.05. The van der Waals surface area contributed by atoms with Crippen molar-refractivity contribution in [2.24, 2.45) is 11.3 Å². The molecule has 134 valence electrons. The predicted octanol–water partition coefficient (Wildman–Crippen LogP) is 3.18. The molecule has 0 amide bonds. The molecule has 5 rings (SSSR count). The van der Waals surface area contributed by atoms with Crippen LogP contribution in [0.2, 0.25) is 0 Å². The summed E-state index contributed by atoms with van der Waals surface area (Å²) in [4.78, 5) is 29.0. The van der Waals surface area contributed by atoms with E-state index in [1.807, 2.05) is 6.92 Å². The summed E-state index contributed by atoms with van der Waals surface area (Å²) in [6.45, 7) is 3.62. The van der Waals surface area contributed by atoms with Crippen molar-refractivity contribution >= 4 is 11.6 Å². The Morgan fingerprint density at radius 1 is 1.22 bits per heavy atom. The first-order valence-electron chi connectivity index (χ1n) is 8.68. The monoisotopic (exact) mass is 362 g/mol. The third-order valence-electron chi connectivity index (χ3n) is 5.74. The average molecular weight is 362 g/mol. The van der Waals surface area contributed by atoms with Crippen LogP contribution >= 0.6 is 0 Å². The number of carbonyl (C=O) groups excluding carboxylic acids is 2. The number of nitrogens with zero attached hydrogens (tertiary/aromatic N) is 4. The van der Waals surface area contributed by atoms with Gasteiger partial charge in [0.1, 0.15) is 11.4 Å². The molecule has 3 aromatic rings. The van der Waals surface area contributed by atoms with Gasteiger partial charge in [-0.05, 0) is 37.6 Å². The molecule has 2 atom stereocenters. The molecule has 0 aliphatic heterocycles. The predicted molar refractivity (Wildman–Crippen MR) is 94.2 cm³/mol. The molecule has 0 radical (unpaired) electrons. The van der Waals surface area contributed by atoms with Crippen LogP contribution in [0.3, 0.4) is 0 Å². The van der Waals surface area contributed by atoms with Gasteiger partial charge in [-0.25, -0.2) is 9.67 Å². The van der Waals surface area contributed by atoms with Gasteiger partial charge < -0.3 is 0 Å². The summed E-state index contributed by atoms with van der Waals surface area (Å²) in [5.74, 6) is -0.811. The number of hydrogen-bond donors (Lipinski definition) is 0. The van der Waals surface area contributed by atoms with Gasteiger partial charge in [0.25, 0.3) is 0 Å². The van der Waals surface area contributed by atoms with E-state index in [1.54, 1.807) is 37.3 Å². The van der Waals surface area contributed by atoms with E-state index in [2.05, 4.69) is 15.3 Å². The minimum Gasteiger partial charge on any atom is -0.294 e. The van der Waals surface area contributed by atoms with E-state index in [9.17, 15) is 14.0 Å². The Morgan fingerprint density at radius 3 is 2.81 bits per heavy atom. The highest BCUT2D eigenvalue weighted by atomic mass is 19.1. The molecule has 6 nitrogen and oxygen atoms in total. The summed E-state index contributed by atoms with van der Waals surface area (Å²) in [5, 5.41) is 8.20. The molecule has 1 saturated carbocycles. The summed E-state index contributed by atoms with van der Waals surface area (Å²) >= 11 is 0. The maximum atomic E-state index is 14.0. The van der Waals surface area contributed by atoms with Crippen molar-refractivity contribution in [3.8, 4) is 16.9 Å². The summed E-state index contributed by atoms with van der Waals surface area (Å²) < 4.78 is 15.4. The van der Waals surface area contributed by atoms with E-state index in [0.717, 1.165) is 0 Å². The summed E-state index contributed by atoms with van der Waals surface area (Å²) in [6.07, 6.45) is 1.98. The normalized spacial score (nSPS) is 23.1. The molecule has 7 heteroatoms. The highest BCUT2D eigenvalue weighted by Crippen LogP contribution is 2.58. The number of fused-ring (bicyclic) bond motifs is 2. The third kappa shape index (κ3) is 2.08. The lowest BCUT2D eigenvalue weighted by Gasteiger charge is -2.19. The van der Waals surface area contributed by atoms with Gasteiger partial charge in [-0.2, -0.15) is 4.39 Å². The lowest BCUT2D eigenvalue weighted by Crippen LogP contribution is -2.26. The number of benzene rings is 1. The SMILES string of the molecule is Cc1c(-c2ccc3c(c2)C(=O)C2CC2(C)C3=O)nnn1-c1cccnc1F. The minimum absolute atomic E-state index is 0.0114. The van der Waals surface area contributed by atoms with Crippen LogP contribution in [0.5, 0.6) is 0 Å². The first-order valence-corrected chi connectivity index (χ1v) is 8.68. The molecule has 2 unspecified atom stereocenters. The third-order valence-corrected chi connectivity index (χ3v) is 5.74. The molecule has 27 heavy (non-hydrogen) atoms. The molecular weight excluding hydrogens is 347 g/mol. The van der Waals surface area contributed by atoms with Gasteiger partial charge in [0, 0.05) is 34.2 Å². The Morgan fingerprint density at radius 2 is 2.04 bits per heavy atom. The van der Waals surface area contributed by atoms with Crippen molar-refractivity contribution < 1.29 is 14.0 Å². The van der Waals surface area contributed by atoms with Crippen LogP contribution in [-0.2, 0) is 0 Å². The van der Waals surface area contributed by atoms with Crippen molar-refractivity contribution in [1.29, 1.82) is 0 Å². The number of Topliss-reactive ketones (excluding diaryl/α,β-unsaturated/α-hetero) is 2. The molecule has 0 bridgehead atoms. The fourth-order valence-electron chi connectivity index (χ4n) is 3.95. The Bertz CT molecular complexity index is 1150. The molecular formula is C20H15FN4O2. The lowest BCUT2D eigenvalue weighted by atomic mass is 9.81. The van der Waals surface area contributed by atoms with Gasteiger partial charge in [-0.3, -0.25) is 9.59 Å². The standard InChI is InChI=1S/C20H15FN4O2/c1-10-16(23-24-25(10)15-4-3-7-22-19(15)21)11-5-6-12-13(8-11)17(26)14-9-20(14,2)18(12)27/h3-8,14H,9H2,1-2H3. The van der Waals surface area contributed by atoms with Gasteiger partial charge in [0.2, 0.25) is 5.95 Å². The van der Waals surface area contributed by atoms with Crippen LogP contribution < -0.4 is 0 Å². The topological polar surface area (TPSA) is 77.7 Å². The average Bonchev–Trinajstić information content (AvgIpc) is 3.24. The molecule has 2 aromatic heterocycles. The van der Waals surface area contributed by atoms with Gasteiger partial charge in [-0.15, -0.1) is 5.10 Å². The zero-order valence-electron chi connectivity index (χ0n) is 14.7. The summed E-state index contributed by atoms with van der Waals surface area (Å²) in [7, 11) is 0. The highest BCUT2D eigenvalue weighted by Gasteiger charge is 2.63. The fraction of sp³-hybridized carbons (Fsp3) is 0.250. The number of halogens is 1. The van der Waals surface area contributed by atoms with E-state index in [1.165, 1.54) is 10.9 Å². The van der Waals surface area contributed by atoms with Gasteiger partial charge >= 0.3 is 0 Å². The molecule has 1 fully saturated rings. The second-order valence-electron chi connectivity index (χ2n) is 7.38. The van der Waals surface area contributed by atoms with Crippen LogP contribution in [0.1, 0.15) is 39.8 Å². The summed E-state index contributed by atoms with van der Waals surface area (Å²) in [6, 6.07) is 8.34. The molecule has 2 heterocycles. The molecule has 1 aromatic carbocycles. The molecule has 0 saturated heterocycles. The van der Waals surface area contributed by atoms with Crippen molar-refractivity contribution in [3.63, 3.8) is 0 Å². The lowest BCUT2D eigenvalue weighted by molar-refractivity contribution is 0.0824. The zero-order valence-corrected chi connectivity index (χ0v) is 14.7. The van der Waals surface area contributed by atoms with E-state index in [4.69, 9.17) is 0 Å². The first kappa shape index (κ1) is 16.0. The van der Waals surface area contributed by atoms with Crippen molar-refractivity contribution in [2.75, 3.05) is 0 Å². The Labute approximate surface area is 154 Å². The maximum absolute atomic E-state index is 14.0. The quantitative estimate of drug-likeness (QED) is 0.654. The van der Waals surface area contributed by atoms with E-state index >= 15 is 0 Å². The Balaban J connectivity index is 1.61. The van der Waals surface area contributed by atoms with Crippen LogP contribution in [0.15, 0.2) is 36.5 Å². The highest BCUT2D eigenvalue weighted by molar-refractivity contribution is 6.21. The zero-order chi connectivity index (χ0) is 18.9. The summed E-state index contributed by atoms with van der Waals surface area (Å²) in [5.41, 5.74) is 2.42. The largest absolute Gasteiger partial charge is 0.294 e. The van der Waals surface area contributed by atoms with Crippen molar-refractivity contribution in [2.45, 2.75) is 20.3 Å². The second kappa shape index (κ2) is 5.16. The van der Waals surface area contributed by atoms with Crippen molar-refractivity contribution in [3.05, 3.63) is 59.3 Å². The first-order chi connectivity index (χ1) is 12.9. The van der Waals surface area contributed by atoms with Gasteiger partial charge in [0.05, 0.1) is 5.69 Å². The number of hydrogen-bond acceptors (Lipinski definition) is 5. The van der Waals surface area contributed by atoms with Crippen molar-refractivity contribution in [1.82, 2.24) is 20.0 Å². The van der Waals surface area contributed by atoms with Crippen LogP contribution in [0.25, 0.3) is 16.9 Å². The number of rotatable bonds is 2. The number of aromatic nitrogens is 4. The second-order valence-corrected chi connectivity index (χ2v) is 7.38. The molecule has 2 aliphatic carbocycles. The van der Waals surface area contributed by atoms with Gasteiger partial charge in [0.15, 0.2) is 11.6 Å². The molecule has 0 N–H and O–H groups in total. The smallest absolute Gasteiger partial charge is 0.238 e. The van der Waals surface area contributed by atoms with Crippen LogP contribution in [-0.4, -0.2) is 31.5 Å².